The van der Waals surface area contributed by atoms with Crippen LogP contribution in [-0.4, -0.2) is 13.3 Å². The molecule has 0 spiro atoms. The van der Waals surface area contributed by atoms with Crippen molar-refractivity contribution in [2.45, 2.75) is 5.75 Å². The zero-order chi connectivity index (χ0) is 10.3. The van der Waals surface area contributed by atoms with Crippen molar-refractivity contribution < 1.29 is 13.3 Å². The Balaban J connectivity index is 2.50. The van der Waals surface area contributed by atoms with Crippen molar-refractivity contribution in [2.24, 2.45) is 0 Å². The Morgan fingerprint density at radius 3 is 2.79 bits per heavy atom. The third kappa shape index (κ3) is 1.41. The van der Waals surface area contributed by atoms with E-state index in [0.717, 1.165) is 0 Å². The van der Waals surface area contributed by atoms with Crippen molar-refractivity contribution in [3.63, 3.8) is 0 Å². The molecule has 0 radical (unpaired) electrons. The molecule has 0 amide bonds. The lowest BCUT2D eigenvalue weighted by Gasteiger charge is -2.10. The number of nitro groups is 1. The fourth-order valence-electron chi connectivity index (χ4n) is 1.27. The molecule has 1 aromatic carbocycles. The van der Waals surface area contributed by atoms with E-state index in [1.165, 1.54) is 18.2 Å². The van der Waals surface area contributed by atoms with E-state index in [-0.39, 0.29) is 11.4 Å². The minimum atomic E-state index is -3.45. The SMILES string of the molecule is O=[N+]([O-])c1ccc2c(c1)CS(=O)(=O)[N-]2. The smallest absolute Gasteiger partial charge is 0.269 e. The van der Waals surface area contributed by atoms with Gasteiger partial charge in [-0.05, 0) is 5.56 Å². The second-order valence-electron chi connectivity index (χ2n) is 2.89. The topological polar surface area (TPSA) is 91.4 Å². The Morgan fingerprint density at radius 2 is 2.14 bits per heavy atom. The molecule has 0 saturated heterocycles. The summed E-state index contributed by atoms with van der Waals surface area (Å²) in [6.45, 7) is 0. The molecule has 1 aromatic rings. The summed E-state index contributed by atoms with van der Waals surface area (Å²) in [5.74, 6) is -0.246. The molecule has 74 valence electrons. The van der Waals surface area contributed by atoms with Gasteiger partial charge in [0, 0.05) is 12.1 Å². The molecule has 14 heavy (non-hydrogen) atoms. The molecule has 0 fully saturated rings. The predicted octanol–water partition coefficient (Wildman–Crippen LogP) is 1.44. The third-order valence-corrected chi connectivity index (χ3v) is 3.00. The van der Waals surface area contributed by atoms with E-state index >= 15 is 0 Å². The van der Waals surface area contributed by atoms with Gasteiger partial charge in [0.2, 0.25) is 0 Å². The van der Waals surface area contributed by atoms with Crippen LogP contribution in [0.1, 0.15) is 5.56 Å². The Morgan fingerprint density at radius 1 is 1.43 bits per heavy atom. The van der Waals surface area contributed by atoms with E-state index in [9.17, 15) is 18.5 Å². The molecule has 0 bridgehead atoms. The van der Waals surface area contributed by atoms with Crippen LogP contribution in [-0.2, 0) is 15.8 Å². The highest BCUT2D eigenvalue weighted by atomic mass is 32.2. The van der Waals surface area contributed by atoms with Crippen LogP contribution in [0.2, 0.25) is 0 Å². The number of hydrogen-bond acceptors (Lipinski definition) is 4. The first-order valence-electron chi connectivity index (χ1n) is 3.71. The van der Waals surface area contributed by atoms with Gasteiger partial charge in [0.1, 0.15) is 0 Å². The maximum absolute atomic E-state index is 11.0. The van der Waals surface area contributed by atoms with Crippen LogP contribution in [0.4, 0.5) is 11.4 Å². The molecule has 1 aliphatic heterocycles. The summed E-state index contributed by atoms with van der Waals surface area (Å²) in [7, 11) is -3.45. The first-order chi connectivity index (χ1) is 6.48. The first kappa shape index (κ1) is 8.95. The van der Waals surface area contributed by atoms with Crippen molar-refractivity contribution in [3.05, 3.63) is 38.6 Å². The fraction of sp³-hybridized carbons (Fsp3) is 0.143. The average Bonchev–Trinajstić information content (AvgIpc) is 2.36. The highest BCUT2D eigenvalue weighted by molar-refractivity contribution is 7.94. The van der Waals surface area contributed by atoms with Crippen molar-refractivity contribution in [1.82, 2.24) is 0 Å². The molecule has 2 rings (SSSR count). The number of rotatable bonds is 1. The van der Waals surface area contributed by atoms with Crippen LogP contribution >= 0.6 is 0 Å². The Bertz CT molecular complexity index is 508. The van der Waals surface area contributed by atoms with Gasteiger partial charge >= 0.3 is 0 Å². The van der Waals surface area contributed by atoms with Crippen LogP contribution in [0.5, 0.6) is 0 Å². The number of nitro benzene ring substituents is 1. The van der Waals surface area contributed by atoms with Crippen molar-refractivity contribution in [2.75, 3.05) is 0 Å². The third-order valence-electron chi connectivity index (χ3n) is 1.85. The number of non-ortho nitro benzene ring substituents is 1. The maximum Gasteiger partial charge on any atom is 0.269 e. The molecular formula is C7H5N2O4S-. The summed E-state index contributed by atoms with van der Waals surface area (Å²) in [6.07, 6.45) is 0. The molecule has 1 heterocycles. The highest BCUT2D eigenvalue weighted by Gasteiger charge is 2.16. The van der Waals surface area contributed by atoms with Gasteiger partial charge in [-0.15, -0.1) is 5.69 Å². The molecule has 0 aliphatic carbocycles. The van der Waals surface area contributed by atoms with E-state index in [1.54, 1.807) is 0 Å². The van der Waals surface area contributed by atoms with Crippen molar-refractivity contribution in [1.29, 1.82) is 0 Å². The maximum atomic E-state index is 11.0. The largest absolute Gasteiger partial charge is 0.576 e. The van der Waals surface area contributed by atoms with Crippen LogP contribution < -0.4 is 0 Å². The predicted molar refractivity (Wildman–Crippen MR) is 48.7 cm³/mol. The Hall–Kier alpha value is -1.63. The van der Waals surface area contributed by atoms with Crippen LogP contribution in [0, 0.1) is 10.1 Å². The van der Waals surface area contributed by atoms with E-state index < -0.39 is 14.9 Å². The van der Waals surface area contributed by atoms with Gasteiger partial charge in [0.15, 0.2) is 0 Å². The number of benzene rings is 1. The van der Waals surface area contributed by atoms with E-state index in [0.29, 0.717) is 11.3 Å². The summed E-state index contributed by atoms with van der Waals surface area (Å²) in [6, 6.07) is 3.82. The standard InChI is InChI=1S/C7H5N2O4S/c10-9(11)6-1-2-7-5(3-6)4-14(12,13)8-7/h1-3H,4H2/q-1. The molecule has 0 saturated carbocycles. The molecule has 0 N–H and O–H groups in total. The van der Waals surface area contributed by atoms with Crippen LogP contribution in [0.25, 0.3) is 4.72 Å². The highest BCUT2D eigenvalue weighted by Crippen LogP contribution is 2.38. The zero-order valence-electron chi connectivity index (χ0n) is 6.87. The summed E-state index contributed by atoms with van der Waals surface area (Å²) in [5.41, 5.74) is 0.575. The second-order valence-corrected chi connectivity index (χ2v) is 4.52. The Labute approximate surface area is 79.8 Å². The quantitative estimate of drug-likeness (QED) is 0.521. The van der Waals surface area contributed by atoms with Crippen molar-refractivity contribution >= 4 is 21.4 Å². The molecule has 1 aliphatic rings. The summed E-state index contributed by atoms with van der Waals surface area (Å²) in [5, 5.41) is 10.4. The van der Waals surface area contributed by atoms with Crippen molar-refractivity contribution in [3.8, 4) is 0 Å². The number of nitrogens with zero attached hydrogens (tertiary/aromatic N) is 2. The zero-order valence-corrected chi connectivity index (χ0v) is 7.69. The fourth-order valence-corrected chi connectivity index (χ4v) is 2.44. The lowest BCUT2D eigenvalue weighted by atomic mass is 10.2. The number of sulfonamides is 1. The average molecular weight is 213 g/mol. The lowest BCUT2D eigenvalue weighted by Crippen LogP contribution is -1.92. The van der Waals surface area contributed by atoms with Gasteiger partial charge in [0.25, 0.3) is 5.69 Å². The Kier molecular flexibility index (Phi) is 1.71. The molecule has 6 nitrogen and oxygen atoms in total. The van der Waals surface area contributed by atoms with Gasteiger partial charge in [-0.25, -0.2) is 8.42 Å². The molecule has 0 atom stereocenters. The summed E-state index contributed by atoms with van der Waals surface area (Å²) >= 11 is 0. The minimum absolute atomic E-state index is 0.115. The van der Waals surface area contributed by atoms with Crippen LogP contribution in [0.3, 0.4) is 0 Å². The lowest BCUT2D eigenvalue weighted by molar-refractivity contribution is -0.384. The normalized spacial score (nSPS) is 17.1. The summed E-state index contributed by atoms with van der Waals surface area (Å²) in [4.78, 5) is 9.82. The number of fused-ring (bicyclic) bond motifs is 1. The van der Waals surface area contributed by atoms with Gasteiger partial charge in [0.05, 0.1) is 20.7 Å². The minimum Gasteiger partial charge on any atom is -0.576 e. The summed E-state index contributed by atoms with van der Waals surface area (Å²) < 4.78 is 25.5. The van der Waals surface area contributed by atoms with Gasteiger partial charge in [-0.2, -0.15) is 0 Å². The second kappa shape index (κ2) is 2.68. The van der Waals surface area contributed by atoms with Gasteiger partial charge < -0.3 is 4.72 Å². The molecule has 0 aromatic heterocycles. The van der Waals surface area contributed by atoms with E-state index in [4.69, 9.17) is 0 Å². The monoisotopic (exact) mass is 213 g/mol. The number of hydrogen-bond donors (Lipinski definition) is 0. The van der Waals surface area contributed by atoms with Gasteiger partial charge in [-0.3, -0.25) is 10.1 Å². The van der Waals surface area contributed by atoms with Crippen LogP contribution in [0.15, 0.2) is 18.2 Å². The molecular weight excluding hydrogens is 208 g/mol. The van der Waals surface area contributed by atoms with E-state index in [1.807, 2.05) is 0 Å². The van der Waals surface area contributed by atoms with E-state index in [2.05, 4.69) is 4.72 Å². The molecule has 0 unspecified atom stereocenters. The molecule has 7 heteroatoms. The first-order valence-corrected chi connectivity index (χ1v) is 5.32. The van der Waals surface area contributed by atoms with Gasteiger partial charge in [-0.1, -0.05) is 6.07 Å².